The summed E-state index contributed by atoms with van der Waals surface area (Å²) in [6.45, 7) is 0. The average molecular weight is 156 g/mol. The molecule has 0 fully saturated rings. The summed E-state index contributed by atoms with van der Waals surface area (Å²) in [5.74, 6) is 0.0633. The minimum Gasteiger partial charge on any atom is -0.493 e. The molecule has 2 heterocycles. The van der Waals surface area contributed by atoms with Crippen molar-refractivity contribution in [3.63, 3.8) is 0 Å². The van der Waals surface area contributed by atoms with Crippen molar-refractivity contribution in [2.24, 2.45) is 0 Å². The van der Waals surface area contributed by atoms with E-state index in [0.717, 1.165) is 16.2 Å². The molecule has 0 atom stereocenters. The fourth-order valence-electron chi connectivity index (χ4n) is 0.809. The molecular weight excluding hydrogens is 152 g/mol. The van der Waals surface area contributed by atoms with Crippen LogP contribution >= 0.6 is 11.3 Å². The molecule has 4 nitrogen and oxygen atoms in total. The smallest absolute Gasteiger partial charge is 0.321 e. The van der Waals surface area contributed by atoms with Gasteiger partial charge in [-0.2, -0.15) is 0 Å². The van der Waals surface area contributed by atoms with Crippen molar-refractivity contribution >= 4 is 16.2 Å². The van der Waals surface area contributed by atoms with Gasteiger partial charge in [-0.3, -0.25) is 4.79 Å². The van der Waals surface area contributed by atoms with Crippen molar-refractivity contribution in [2.45, 2.75) is 0 Å². The van der Waals surface area contributed by atoms with Crippen molar-refractivity contribution in [2.75, 3.05) is 0 Å². The molecule has 2 aromatic rings. The topological polar surface area (TPSA) is 57.5 Å². The molecule has 0 saturated heterocycles. The number of fused-ring (bicyclic) bond motifs is 1. The maximum Gasteiger partial charge on any atom is 0.321 e. The van der Waals surface area contributed by atoms with Crippen LogP contribution in [0.2, 0.25) is 0 Å². The van der Waals surface area contributed by atoms with E-state index in [0.29, 0.717) is 0 Å². The highest BCUT2D eigenvalue weighted by Gasteiger charge is 2.01. The van der Waals surface area contributed by atoms with Crippen molar-refractivity contribution in [3.8, 4) is 5.88 Å². The standard InChI is InChI=1S/C5H4N2O2S/c8-3-1-2-4-7(3)6-5(9)10-4/h1-2,8H,(H,6,9). The predicted molar refractivity (Wildman–Crippen MR) is 37.6 cm³/mol. The summed E-state index contributed by atoms with van der Waals surface area (Å²) in [4.78, 5) is 11.2. The third-order valence-corrected chi connectivity index (χ3v) is 2.03. The van der Waals surface area contributed by atoms with Crippen LogP contribution in [-0.2, 0) is 0 Å². The zero-order chi connectivity index (χ0) is 7.14. The lowest BCUT2D eigenvalue weighted by molar-refractivity contribution is 0.440. The summed E-state index contributed by atoms with van der Waals surface area (Å²) >= 11 is 1.06. The number of nitrogens with zero attached hydrogens (tertiary/aromatic N) is 1. The third kappa shape index (κ3) is 0.577. The third-order valence-electron chi connectivity index (χ3n) is 1.22. The number of aromatic hydroxyl groups is 1. The van der Waals surface area contributed by atoms with E-state index in [9.17, 15) is 4.79 Å². The first-order chi connectivity index (χ1) is 4.77. The van der Waals surface area contributed by atoms with E-state index < -0.39 is 0 Å². The lowest BCUT2D eigenvalue weighted by Crippen LogP contribution is -1.95. The summed E-state index contributed by atoms with van der Waals surface area (Å²) in [6, 6.07) is 3.21. The lowest BCUT2D eigenvalue weighted by Gasteiger charge is -1.83. The molecular formula is C5H4N2O2S. The Morgan fingerprint density at radius 2 is 2.40 bits per heavy atom. The van der Waals surface area contributed by atoms with Crippen LogP contribution in [-0.4, -0.2) is 14.7 Å². The zero-order valence-corrected chi connectivity index (χ0v) is 5.68. The second-order valence-corrected chi connectivity index (χ2v) is 2.86. The van der Waals surface area contributed by atoms with Crippen LogP contribution < -0.4 is 4.87 Å². The molecule has 0 aliphatic heterocycles. The maximum absolute atomic E-state index is 10.6. The molecule has 2 rings (SSSR count). The molecule has 0 radical (unpaired) electrons. The molecule has 10 heavy (non-hydrogen) atoms. The van der Waals surface area contributed by atoms with Crippen LogP contribution in [0.15, 0.2) is 16.9 Å². The molecule has 0 unspecified atom stereocenters. The van der Waals surface area contributed by atoms with Gasteiger partial charge in [0.2, 0.25) is 5.88 Å². The van der Waals surface area contributed by atoms with Crippen LogP contribution in [0, 0.1) is 0 Å². The fourth-order valence-corrected chi connectivity index (χ4v) is 1.50. The quantitative estimate of drug-likeness (QED) is 0.579. The van der Waals surface area contributed by atoms with Crippen LogP contribution in [0.5, 0.6) is 5.88 Å². The lowest BCUT2D eigenvalue weighted by atomic mass is 10.7. The Balaban J connectivity index is 3.03. The van der Waals surface area contributed by atoms with Crippen molar-refractivity contribution < 1.29 is 5.11 Å². The Bertz CT molecular complexity index is 410. The Morgan fingerprint density at radius 1 is 1.60 bits per heavy atom. The van der Waals surface area contributed by atoms with Crippen LogP contribution in [0.4, 0.5) is 0 Å². The second-order valence-electron chi connectivity index (χ2n) is 1.87. The summed E-state index contributed by atoms with van der Waals surface area (Å²) in [5, 5.41) is 11.5. The van der Waals surface area contributed by atoms with E-state index in [4.69, 9.17) is 5.11 Å². The first-order valence-corrected chi connectivity index (χ1v) is 3.48. The van der Waals surface area contributed by atoms with Gasteiger partial charge in [-0.05, 0) is 6.07 Å². The Morgan fingerprint density at radius 3 is 3.10 bits per heavy atom. The van der Waals surface area contributed by atoms with E-state index in [1.807, 2.05) is 0 Å². The molecule has 0 aliphatic carbocycles. The normalized spacial score (nSPS) is 10.8. The molecule has 5 heteroatoms. The molecule has 0 spiro atoms. The Kier molecular flexibility index (Phi) is 0.906. The van der Waals surface area contributed by atoms with Crippen LogP contribution in [0.3, 0.4) is 0 Å². The number of hydrogen-bond donors (Lipinski definition) is 2. The summed E-state index contributed by atoms with van der Waals surface area (Å²) in [7, 11) is 0. The SMILES string of the molecule is O=c1[nH]n2c(O)ccc2s1. The predicted octanol–water partition coefficient (Wildman–Crippen LogP) is 0.395. The molecule has 0 bridgehead atoms. The molecule has 0 saturated carbocycles. The summed E-state index contributed by atoms with van der Waals surface area (Å²) in [5.41, 5.74) is 0. The molecule has 0 aliphatic rings. The first-order valence-electron chi connectivity index (χ1n) is 2.67. The molecule has 2 N–H and O–H groups in total. The summed E-state index contributed by atoms with van der Waals surface area (Å²) < 4.78 is 1.34. The minimum atomic E-state index is -0.161. The number of H-pyrrole nitrogens is 1. The average Bonchev–Trinajstić information content (AvgIpc) is 2.35. The minimum absolute atomic E-state index is 0.0633. The number of nitrogens with one attached hydrogen (secondary N) is 1. The highest BCUT2D eigenvalue weighted by atomic mass is 32.1. The molecule has 2 aromatic heterocycles. The number of rotatable bonds is 0. The van der Waals surface area contributed by atoms with Crippen LogP contribution in [0.25, 0.3) is 4.83 Å². The fraction of sp³-hybridized carbons (Fsp3) is 0. The van der Waals surface area contributed by atoms with E-state index >= 15 is 0 Å². The van der Waals surface area contributed by atoms with Gasteiger partial charge < -0.3 is 5.11 Å². The van der Waals surface area contributed by atoms with Crippen molar-refractivity contribution in [1.82, 2.24) is 9.61 Å². The Labute approximate surface area is 59.3 Å². The van der Waals surface area contributed by atoms with Gasteiger partial charge in [-0.25, -0.2) is 9.61 Å². The molecule has 52 valence electrons. The van der Waals surface area contributed by atoms with Gasteiger partial charge in [0.15, 0.2) is 0 Å². The van der Waals surface area contributed by atoms with Gasteiger partial charge in [-0.15, -0.1) is 0 Å². The van der Waals surface area contributed by atoms with Gasteiger partial charge in [0.05, 0.1) is 0 Å². The van der Waals surface area contributed by atoms with Gasteiger partial charge in [0.25, 0.3) is 0 Å². The van der Waals surface area contributed by atoms with E-state index in [1.54, 1.807) is 6.07 Å². The maximum atomic E-state index is 10.6. The molecule has 0 amide bonds. The summed E-state index contributed by atoms with van der Waals surface area (Å²) in [6.07, 6.45) is 0. The Hall–Kier alpha value is -1.23. The highest BCUT2D eigenvalue weighted by molar-refractivity contribution is 7.14. The van der Waals surface area contributed by atoms with Gasteiger partial charge >= 0.3 is 4.87 Å². The first kappa shape index (κ1) is 5.55. The van der Waals surface area contributed by atoms with E-state index in [-0.39, 0.29) is 10.8 Å². The zero-order valence-electron chi connectivity index (χ0n) is 4.87. The second kappa shape index (κ2) is 1.63. The van der Waals surface area contributed by atoms with Gasteiger partial charge in [0.1, 0.15) is 4.83 Å². The van der Waals surface area contributed by atoms with Crippen molar-refractivity contribution in [3.05, 3.63) is 21.8 Å². The molecule has 0 aromatic carbocycles. The van der Waals surface area contributed by atoms with Crippen LogP contribution in [0.1, 0.15) is 0 Å². The monoisotopic (exact) mass is 156 g/mol. The van der Waals surface area contributed by atoms with Gasteiger partial charge in [-0.1, -0.05) is 11.3 Å². The number of aromatic amines is 1. The number of hydrogen-bond acceptors (Lipinski definition) is 3. The highest BCUT2D eigenvalue weighted by Crippen LogP contribution is 2.14. The van der Waals surface area contributed by atoms with E-state index in [2.05, 4.69) is 5.10 Å². The number of aromatic nitrogens is 2. The van der Waals surface area contributed by atoms with Crippen molar-refractivity contribution in [1.29, 1.82) is 0 Å². The largest absolute Gasteiger partial charge is 0.493 e. The van der Waals surface area contributed by atoms with E-state index in [1.165, 1.54) is 10.6 Å². The van der Waals surface area contributed by atoms with Gasteiger partial charge in [0, 0.05) is 6.07 Å².